The predicted molar refractivity (Wildman–Crippen MR) is 63.9 cm³/mol. The number of hydrogen-bond donors (Lipinski definition) is 1. The first-order valence-corrected chi connectivity index (χ1v) is 5.88. The summed E-state index contributed by atoms with van der Waals surface area (Å²) in [6.45, 7) is 2.67. The molecule has 19 heavy (non-hydrogen) atoms. The van der Waals surface area contributed by atoms with Gasteiger partial charge in [0.2, 0.25) is 0 Å². The molecule has 0 amide bonds. The predicted octanol–water partition coefficient (Wildman–Crippen LogP) is 3.68. The highest BCUT2D eigenvalue weighted by atomic mass is 19.4. The zero-order valence-corrected chi connectivity index (χ0v) is 10.2. The Labute approximate surface area is 107 Å². The molecular weight excluding hydrogens is 261 g/mol. The van der Waals surface area contributed by atoms with Gasteiger partial charge in [-0.2, -0.15) is 13.2 Å². The second kappa shape index (κ2) is 4.71. The molecule has 0 spiro atoms. The monoisotopic (exact) mass is 274 g/mol. The van der Waals surface area contributed by atoms with Crippen molar-refractivity contribution < 1.29 is 18.1 Å². The molecule has 0 bridgehead atoms. The van der Waals surface area contributed by atoms with Crippen LogP contribution < -0.4 is 5.32 Å². The first-order chi connectivity index (χ1) is 8.79. The van der Waals surface area contributed by atoms with Crippen LogP contribution in [-0.2, 0) is 6.18 Å². The van der Waals surface area contributed by atoms with Gasteiger partial charge in [0.1, 0.15) is 5.56 Å². The summed E-state index contributed by atoms with van der Waals surface area (Å²) in [4.78, 5) is 9.57. The van der Waals surface area contributed by atoms with E-state index in [0.717, 1.165) is 18.6 Å². The third-order valence-electron chi connectivity index (χ3n) is 3.34. The first-order valence-electron chi connectivity index (χ1n) is 5.88. The lowest BCUT2D eigenvalue weighted by atomic mass is 10.1. The fourth-order valence-electron chi connectivity index (χ4n) is 1.96. The van der Waals surface area contributed by atoms with Gasteiger partial charge in [-0.15, -0.1) is 0 Å². The minimum absolute atomic E-state index is 0.261. The molecule has 1 saturated carbocycles. The van der Waals surface area contributed by atoms with Crippen LogP contribution in [0.3, 0.4) is 0 Å². The lowest BCUT2D eigenvalue weighted by molar-refractivity contribution is -0.388. The number of benzene rings is 1. The zero-order chi connectivity index (χ0) is 14.2. The molecule has 4 nitrogen and oxygen atoms in total. The molecule has 104 valence electrons. The van der Waals surface area contributed by atoms with E-state index in [9.17, 15) is 23.3 Å². The molecule has 1 N–H and O–H groups in total. The van der Waals surface area contributed by atoms with Crippen molar-refractivity contribution in [1.29, 1.82) is 0 Å². The molecular formula is C12H13F3N2O2. The zero-order valence-electron chi connectivity index (χ0n) is 10.2. The molecule has 0 aromatic heterocycles. The second-order valence-corrected chi connectivity index (χ2v) is 4.84. The van der Waals surface area contributed by atoms with Crippen LogP contribution in [0.15, 0.2) is 18.2 Å². The van der Waals surface area contributed by atoms with E-state index in [1.165, 1.54) is 6.07 Å². The maximum absolute atomic E-state index is 12.7. The maximum atomic E-state index is 12.7. The Bertz CT molecular complexity index is 502. The van der Waals surface area contributed by atoms with Gasteiger partial charge in [0.15, 0.2) is 0 Å². The van der Waals surface area contributed by atoms with Crippen LogP contribution in [0, 0.1) is 22.0 Å². The molecule has 1 aliphatic carbocycles. The highest BCUT2D eigenvalue weighted by molar-refractivity contribution is 5.55. The Morgan fingerprint density at radius 2 is 2.11 bits per heavy atom. The number of alkyl halides is 3. The SMILES string of the molecule is CC1CC1CNc1ccc([N+](=O)[O-])c(C(F)(F)F)c1. The second-order valence-electron chi connectivity index (χ2n) is 4.84. The number of nitro groups is 1. The molecule has 1 aromatic rings. The number of halogens is 3. The summed E-state index contributed by atoms with van der Waals surface area (Å²) in [6.07, 6.45) is -3.67. The molecule has 0 aliphatic heterocycles. The molecule has 0 saturated heterocycles. The lowest BCUT2D eigenvalue weighted by Gasteiger charge is -2.11. The van der Waals surface area contributed by atoms with Crippen LogP contribution in [-0.4, -0.2) is 11.5 Å². The largest absolute Gasteiger partial charge is 0.423 e. The Balaban J connectivity index is 2.20. The molecule has 0 heterocycles. The Morgan fingerprint density at radius 1 is 1.47 bits per heavy atom. The number of nitrogens with one attached hydrogen (secondary N) is 1. The van der Waals surface area contributed by atoms with Gasteiger partial charge in [-0.3, -0.25) is 10.1 Å². The quantitative estimate of drug-likeness (QED) is 0.673. The smallest absolute Gasteiger partial charge is 0.385 e. The fourth-order valence-corrected chi connectivity index (χ4v) is 1.96. The summed E-state index contributed by atoms with van der Waals surface area (Å²) in [5.41, 5.74) is -1.87. The average Bonchev–Trinajstić information content (AvgIpc) is 3.01. The number of rotatable bonds is 4. The van der Waals surface area contributed by atoms with E-state index in [2.05, 4.69) is 12.2 Å². The van der Waals surface area contributed by atoms with Gasteiger partial charge in [0, 0.05) is 18.3 Å². The topological polar surface area (TPSA) is 55.2 Å². The Hall–Kier alpha value is -1.79. The van der Waals surface area contributed by atoms with E-state index in [-0.39, 0.29) is 5.69 Å². The van der Waals surface area contributed by atoms with Crippen molar-refractivity contribution in [2.24, 2.45) is 11.8 Å². The summed E-state index contributed by atoms with van der Waals surface area (Å²) < 4.78 is 38.2. The van der Waals surface area contributed by atoms with Crippen molar-refractivity contribution in [3.8, 4) is 0 Å². The van der Waals surface area contributed by atoms with E-state index in [0.29, 0.717) is 18.4 Å². The van der Waals surface area contributed by atoms with E-state index in [1.54, 1.807) is 0 Å². The lowest BCUT2D eigenvalue weighted by Crippen LogP contribution is -2.11. The van der Waals surface area contributed by atoms with Crippen LogP contribution in [0.2, 0.25) is 0 Å². The molecule has 2 rings (SSSR count). The van der Waals surface area contributed by atoms with Crippen molar-refractivity contribution >= 4 is 11.4 Å². The van der Waals surface area contributed by atoms with Gasteiger partial charge in [-0.1, -0.05) is 6.92 Å². The van der Waals surface area contributed by atoms with Crippen LogP contribution in [0.5, 0.6) is 0 Å². The van der Waals surface area contributed by atoms with Crippen LogP contribution in [0.4, 0.5) is 24.5 Å². The van der Waals surface area contributed by atoms with Crippen molar-refractivity contribution in [3.05, 3.63) is 33.9 Å². The summed E-state index contributed by atoms with van der Waals surface area (Å²) in [5.74, 6) is 1.07. The van der Waals surface area contributed by atoms with Crippen molar-refractivity contribution in [2.75, 3.05) is 11.9 Å². The standard InChI is InChI=1S/C12H13F3N2O2/c1-7-4-8(7)6-16-9-2-3-11(17(18)19)10(5-9)12(13,14)15/h2-3,5,7-8,16H,4,6H2,1H3. The summed E-state index contributed by atoms with van der Waals surface area (Å²) >= 11 is 0. The van der Waals surface area contributed by atoms with Gasteiger partial charge in [0.25, 0.3) is 5.69 Å². The third-order valence-corrected chi connectivity index (χ3v) is 3.34. The molecule has 0 radical (unpaired) electrons. The third kappa shape index (κ3) is 3.15. The van der Waals surface area contributed by atoms with Gasteiger partial charge in [-0.25, -0.2) is 0 Å². The van der Waals surface area contributed by atoms with Gasteiger partial charge >= 0.3 is 6.18 Å². The summed E-state index contributed by atoms with van der Waals surface area (Å²) in [6, 6.07) is 2.99. The Morgan fingerprint density at radius 3 is 2.58 bits per heavy atom. The molecule has 1 aromatic carbocycles. The highest BCUT2D eigenvalue weighted by Gasteiger charge is 2.38. The number of hydrogen-bond acceptors (Lipinski definition) is 3. The highest BCUT2D eigenvalue weighted by Crippen LogP contribution is 2.39. The summed E-state index contributed by atoms with van der Waals surface area (Å²) in [5, 5.41) is 13.5. The average molecular weight is 274 g/mol. The molecule has 1 fully saturated rings. The molecule has 2 unspecified atom stereocenters. The minimum Gasteiger partial charge on any atom is -0.385 e. The molecule has 1 aliphatic rings. The number of nitrogens with zero attached hydrogens (tertiary/aromatic N) is 1. The number of nitro benzene ring substituents is 1. The van der Waals surface area contributed by atoms with Crippen molar-refractivity contribution in [3.63, 3.8) is 0 Å². The van der Waals surface area contributed by atoms with E-state index in [1.807, 2.05) is 0 Å². The van der Waals surface area contributed by atoms with Gasteiger partial charge in [0.05, 0.1) is 4.92 Å². The minimum atomic E-state index is -4.73. The number of anilines is 1. The Kier molecular flexibility index (Phi) is 3.38. The van der Waals surface area contributed by atoms with E-state index < -0.39 is 22.4 Å². The van der Waals surface area contributed by atoms with Crippen molar-refractivity contribution in [1.82, 2.24) is 0 Å². The van der Waals surface area contributed by atoms with Crippen LogP contribution in [0.1, 0.15) is 18.9 Å². The van der Waals surface area contributed by atoms with Crippen LogP contribution >= 0.6 is 0 Å². The molecule has 7 heteroatoms. The molecule has 2 atom stereocenters. The van der Waals surface area contributed by atoms with E-state index in [4.69, 9.17) is 0 Å². The first kappa shape index (κ1) is 13.6. The maximum Gasteiger partial charge on any atom is 0.423 e. The fraction of sp³-hybridized carbons (Fsp3) is 0.500. The van der Waals surface area contributed by atoms with Crippen LogP contribution in [0.25, 0.3) is 0 Å². The summed E-state index contributed by atoms with van der Waals surface area (Å²) in [7, 11) is 0. The van der Waals surface area contributed by atoms with Crippen molar-refractivity contribution in [2.45, 2.75) is 19.5 Å². The van der Waals surface area contributed by atoms with Gasteiger partial charge < -0.3 is 5.32 Å². The normalized spacial score (nSPS) is 22.1. The van der Waals surface area contributed by atoms with E-state index >= 15 is 0 Å². The van der Waals surface area contributed by atoms with Gasteiger partial charge in [-0.05, 0) is 30.4 Å².